The Labute approximate surface area is 92.3 Å². The molecule has 1 saturated heterocycles. The number of hydrogen-bond donors (Lipinski definition) is 0. The second kappa shape index (κ2) is 5.92. The van der Waals surface area contributed by atoms with Gasteiger partial charge in [0.25, 0.3) is 0 Å². The summed E-state index contributed by atoms with van der Waals surface area (Å²) in [6, 6.07) is 0. The predicted octanol–water partition coefficient (Wildman–Crippen LogP) is 2.27. The minimum Gasteiger partial charge on any atom is -0.377 e. The summed E-state index contributed by atoms with van der Waals surface area (Å²) in [6.45, 7) is 0.331. The fourth-order valence-corrected chi connectivity index (χ4v) is 1.92. The summed E-state index contributed by atoms with van der Waals surface area (Å²) in [5.74, 6) is 0.211. The summed E-state index contributed by atoms with van der Waals surface area (Å²) in [7, 11) is 0. The van der Waals surface area contributed by atoms with Crippen LogP contribution in [0.15, 0.2) is 0 Å². The normalized spacial score (nSPS) is 22.6. The Morgan fingerprint density at radius 2 is 2.13 bits per heavy atom. The molecule has 2 nitrogen and oxygen atoms in total. The molecule has 0 aromatic rings. The standard InChI is InChI=1S/C9H15ClF3NO/c10-3-4-14(7-9(11,12)13)6-8-2-1-5-15-8/h8H,1-7H2. The molecule has 90 valence electrons. The van der Waals surface area contributed by atoms with Crippen LogP contribution in [0.3, 0.4) is 0 Å². The molecule has 0 saturated carbocycles. The van der Waals surface area contributed by atoms with Crippen LogP contribution in [0.2, 0.25) is 0 Å². The Kier molecular flexibility index (Phi) is 5.15. The van der Waals surface area contributed by atoms with E-state index in [1.807, 2.05) is 0 Å². The minimum absolute atomic E-state index is 0.0597. The highest BCUT2D eigenvalue weighted by molar-refractivity contribution is 6.18. The first kappa shape index (κ1) is 13.1. The summed E-state index contributed by atoms with van der Waals surface area (Å²) in [5, 5.41) is 0. The van der Waals surface area contributed by atoms with Gasteiger partial charge in [-0.2, -0.15) is 13.2 Å². The van der Waals surface area contributed by atoms with Gasteiger partial charge in [-0.05, 0) is 12.8 Å². The highest BCUT2D eigenvalue weighted by atomic mass is 35.5. The third kappa shape index (κ3) is 5.58. The van der Waals surface area contributed by atoms with Crippen LogP contribution < -0.4 is 0 Å². The zero-order valence-electron chi connectivity index (χ0n) is 8.39. The van der Waals surface area contributed by atoms with Crippen molar-refractivity contribution in [3.63, 3.8) is 0 Å². The quantitative estimate of drug-likeness (QED) is 0.689. The molecule has 0 radical (unpaired) electrons. The topological polar surface area (TPSA) is 12.5 Å². The van der Waals surface area contributed by atoms with E-state index in [0.717, 1.165) is 12.8 Å². The van der Waals surface area contributed by atoms with Gasteiger partial charge in [0.05, 0.1) is 12.6 Å². The van der Waals surface area contributed by atoms with Crippen molar-refractivity contribution < 1.29 is 17.9 Å². The van der Waals surface area contributed by atoms with E-state index in [1.165, 1.54) is 4.90 Å². The van der Waals surface area contributed by atoms with Crippen LogP contribution in [-0.4, -0.2) is 49.3 Å². The average molecular weight is 246 g/mol. The van der Waals surface area contributed by atoms with Gasteiger partial charge in [-0.1, -0.05) is 0 Å². The molecule has 1 atom stereocenters. The molecule has 0 N–H and O–H groups in total. The number of ether oxygens (including phenoxy) is 1. The predicted molar refractivity (Wildman–Crippen MR) is 52.2 cm³/mol. The van der Waals surface area contributed by atoms with E-state index in [2.05, 4.69) is 0 Å². The van der Waals surface area contributed by atoms with E-state index in [4.69, 9.17) is 16.3 Å². The lowest BCUT2D eigenvalue weighted by Crippen LogP contribution is -2.40. The maximum Gasteiger partial charge on any atom is 0.401 e. The first-order valence-electron chi connectivity index (χ1n) is 4.98. The third-order valence-electron chi connectivity index (χ3n) is 2.29. The van der Waals surface area contributed by atoms with Crippen molar-refractivity contribution in [2.24, 2.45) is 0 Å². The van der Waals surface area contributed by atoms with Crippen molar-refractivity contribution in [3.8, 4) is 0 Å². The molecule has 0 aliphatic carbocycles. The van der Waals surface area contributed by atoms with E-state index in [9.17, 15) is 13.2 Å². The molecule has 0 aromatic carbocycles. The molecule has 1 heterocycles. The lowest BCUT2D eigenvalue weighted by molar-refractivity contribution is -0.148. The molecule has 1 rings (SSSR count). The summed E-state index contributed by atoms with van der Waals surface area (Å²) in [5.41, 5.74) is 0. The second-order valence-corrected chi connectivity index (χ2v) is 4.05. The lowest BCUT2D eigenvalue weighted by atomic mass is 10.2. The maximum absolute atomic E-state index is 12.2. The first-order valence-corrected chi connectivity index (χ1v) is 5.51. The maximum atomic E-state index is 12.2. The first-order chi connectivity index (χ1) is 7.01. The summed E-state index contributed by atoms with van der Waals surface area (Å²) in [4.78, 5) is 1.31. The van der Waals surface area contributed by atoms with Gasteiger partial charge in [0.1, 0.15) is 0 Å². The summed E-state index contributed by atoms with van der Waals surface area (Å²) >= 11 is 5.46. The van der Waals surface area contributed by atoms with Crippen molar-refractivity contribution in [2.75, 3.05) is 32.1 Å². The van der Waals surface area contributed by atoms with Crippen molar-refractivity contribution in [1.29, 1.82) is 0 Å². The monoisotopic (exact) mass is 245 g/mol. The Balaban J connectivity index is 2.35. The van der Waals surface area contributed by atoms with Gasteiger partial charge < -0.3 is 4.74 Å². The van der Waals surface area contributed by atoms with Crippen LogP contribution >= 0.6 is 11.6 Å². The van der Waals surface area contributed by atoms with Crippen LogP contribution in [0.1, 0.15) is 12.8 Å². The Morgan fingerprint density at radius 1 is 1.40 bits per heavy atom. The van der Waals surface area contributed by atoms with Gasteiger partial charge in [-0.3, -0.25) is 4.90 Å². The Morgan fingerprint density at radius 3 is 2.60 bits per heavy atom. The fourth-order valence-electron chi connectivity index (χ4n) is 1.68. The molecule has 0 bridgehead atoms. The van der Waals surface area contributed by atoms with Crippen LogP contribution in [0.25, 0.3) is 0 Å². The molecular formula is C9H15ClF3NO. The molecule has 1 aliphatic heterocycles. The Bertz CT molecular complexity index is 183. The molecule has 1 fully saturated rings. The highest BCUT2D eigenvalue weighted by Gasteiger charge is 2.32. The van der Waals surface area contributed by atoms with Crippen LogP contribution in [0.4, 0.5) is 13.2 Å². The molecule has 6 heteroatoms. The van der Waals surface area contributed by atoms with Gasteiger partial charge in [0, 0.05) is 25.6 Å². The molecule has 0 aromatic heterocycles. The van der Waals surface area contributed by atoms with Crippen molar-refractivity contribution in [1.82, 2.24) is 4.90 Å². The molecule has 0 amide bonds. The zero-order chi connectivity index (χ0) is 11.3. The van der Waals surface area contributed by atoms with Gasteiger partial charge in [0.15, 0.2) is 0 Å². The molecule has 15 heavy (non-hydrogen) atoms. The van der Waals surface area contributed by atoms with Crippen molar-refractivity contribution in [2.45, 2.75) is 25.1 Å². The molecular weight excluding hydrogens is 231 g/mol. The zero-order valence-corrected chi connectivity index (χ0v) is 9.15. The summed E-state index contributed by atoms with van der Waals surface area (Å²) < 4.78 is 41.8. The number of halogens is 4. The minimum atomic E-state index is -4.16. The number of alkyl halides is 4. The largest absolute Gasteiger partial charge is 0.401 e. The Hall–Kier alpha value is -0.0000000000000000208. The van der Waals surface area contributed by atoms with Crippen LogP contribution in [0.5, 0.6) is 0 Å². The van der Waals surface area contributed by atoms with Gasteiger partial charge in [0.2, 0.25) is 0 Å². The van der Waals surface area contributed by atoms with E-state index in [1.54, 1.807) is 0 Å². The van der Waals surface area contributed by atoms with Gasteiger partial charge in [-0.25, -0.2) is 0 Å². The van der Waals surface area contributed by atoms with Gasteiger partial charge in [-0.15, -0.1) is 11.6 Å². The lowest BCUT2D eigenvalue weighted by Gasteiger charge is -2.25. The summed E-state index contributed by atoms with van der Waals surface area (Å²) in [6.07, 6.45) is -2.44. The molecule has 1 aliphatic rings. The van der Waals surface area contributed by atoms with Crippen molar-refractivity contribution >= 4 is 11.6 Å². The van der Waals surface area contributed by atoms with E-state index in [-0.39, 0.29) is 18.5 Å². The fraction of sp³-hybridized carbons (Fsp3) is 1.00. The average Bonchev–Trinajstić information content (AvgIpc) is 2.54. The second-order valence-electron chi connectivity index (χ2n) is 3.67. The molecule has 1 unspecified atom stereocenters. The molecule has 0 spiro atoms. The van der Waals surface area contributed by atoms with E-state index >= 15 is 0 Å². The third-order valence-corrected chi connectivity index (χ3v) is 2.46. The number of nitrogens with zero attached hydrogens (tertiary/aromatic N) is 1. The van der Waals surface area contributed by atoms with Crippen LogP contribution in [-0.2, 0) is 4.74 Å². The van der Waals surface area contributed by atoms with E-state index in [0.29, 0.717) is 13.2 Å². The van der Waals surface area contributed by atoms with Crippen LogP contribution in [0, 0.1) is 0 Å². The van der Waals surface area contributed by atoms with Gasteiger partial charge >= 0.3 is 6.18 Å². The smallest absolute Gasteiger partial charge is 0.377 e. The number of hydrogen-bond acceptors (Lipinski definition) is 2. The highest BCUT2D eigenvalue weighted by Crippen LogP contribution is 2.19. The number of rotatable bonds is 5. The van der Waals surface area contributed by atoms with Crippen molar-refractivity contribution in [3.05, 3.63) is 0 Å². The SMILES string of the molecule is FC(F)(F)CN(CCCl)CC1CCCO1. The van der Waals surface area contributed by atoms with E-state index < -0.39 is 12.7 Å².